The summed E-state index contributed by atoms with van der Waals surface area (Å²) in [7, 11) is -0.0651. The van der Waals surface area contributed by atoms with Gasteiger partial charge in [0.05, 0.1) is 21.3 Å². The summed E-state index contributed by atoms with van der Waals surface area (Å²) in [6, 6.07) is 9.86. The lowest BCUT2D eigenvalue weighted by Crippen LogP contribution is -2.15. The van der Waals surface area contributed by atoms with Crippen LogP contribution in [0.1, 0.15) is 5.56 Å². The van der Waals surface area contributed by atoms with E-state index in [1.807, 2.05) is 11.4 Å². The highest BCUT2D eigenvalue weighted by molar-refractivity contribution is 7.92. The maximum absolute atomic E-state index is 13.2. The zero-order valence-corrected chi connectivity index (χ0v) is 18.6. The molecule has 31 heavy (non-hydrogen) atoms. The fourth-order valence-electron chi connectivity index (χ4n) is 2.77. The highest BCUT2D eigenvalue weighted by Crippen LogP contribution is 2.37. The zero-order valence-electron chi connectivity index (χ0n) is 17.0. The van der Waals surface area contributed by atoms with Crippen LogP contribution >= 0.6 is 11.3 Å². The number of aromatic nitrogens is 1. The number of hydrogen-bond acceptors (Lipinski definition) is 8. The van der Waals surface area contributed by atoms with Crippen LogP contribution in [0.4, 0.5) is 5.69 Å². The van der Waals surface area contributed by atoms with Crippen LogP contribution < -0.4 is 14.2 Å². The van der Waals surface area contributed by atoms with E-state index in [2.05, 4.69) is 14.4 Å². The average molecular weight is 461 g/mol. The first-order valence-corrected chi connectivity index (χ1v) is 11.3. The molecule has 1 aromatic heterocycles. The second kappa shape index (κ2) is 9.63. The highest BCUT2D eigenvalue weighted by atomic mass is 32.2. The summed E-state index contributed by atoms with van der Waals surface area (Å²) in [6.45, 7) is 0. The molecule has 0 aliphatic carbocycles. The quantitative estimate of drug-likeness (QED) is 0.403. The molecule has 1 N–H and O–H groups in total. The van der Waals surface area contributed by atoms with Gasteiger partial charge in [0.15, 0.2) is 11.5 Å². The molecule has 10 heteroatoms. The molecule has 1 heterocycles. The van der Waals surface area contributed by atoms with Crippen molar-refractivity contribution in [3.8, 4) is 22.1 Å². The molecule has 0 aliphatic rings. The van der Waals surface area contributed by atoms with E-state index >= 15 is 0 Å². The van der Waals surface area contributed by atoms with Crippen LogP contribution in [-0.2, 0) is 19.6 Å². The van der Waals surface area contributed by atoms with Gasteiger partial charge in [-0.2, -0.15) is 0 Å². The molecular weight excluding hydrogens is 440 g/mol. The number of rotatable bonds is 8. The molecule has 0 saturated heterocycles. The minimum Gasteiger partial charge on any atom is -0.493 e. The van der Waals surface area contributed by atoms with E-state index in [1.165, 1.54) is 50.9 Å². The van der Waals surface area contributed by atoms with Gasteiger partial charge < -0.3 is 14.2 Å². The van der Waals surface area contributed by atoms with Gasteiger partial charge in [-0.3, -0.25) is 4.72 Å². The van der Waals surface area contributed by atoms with Crippen LogP contribution in [0.3, 0.4) is 0 Å². The number of hydrogen-bond donors (Lipinski definition) is 1. The van der Waals surface area contributed by atoms with Crippen molar-refractivity contribution in [2.24, 2.45) is 0 Å². The van der Waals surface area contributed by atoms with Crippen LogP contribution in [0.2, 0.25) is 0 Å². The van der Waals surface area contributed by atoms with Gasteiger partial charge in [0.1, 0.15) is 9.90 Å². The first kappa shape index (κ1) is 22.3. The summed E-state index contributed by atoms with van der Waals surface area (Å²) >= 11 is 1.45. The Morgan fingerprint density at radius 2 is 1.94 bits per heavy atom. The lowest BCUT2D eigenvalue weighted by atomic mass is 10.2. The van der Waals surface area contributed by atoms with E-state index in [0.717, 1.165) is 10.6 Å². The molecular formula is C21H20N2O6S2. The van der Waals surface area contributed by atoms with Gasteiger partial charge in [-0.15, -0.1) is 11.3 Å². The number of methoxy groups -OCH3 is 3. The first-order valence-electron chi connectivity index (χ1n) is 8.92. The third kappa shape index (κ3) is 5.22. The first-order chi connectivity index (χ1) is 14.9. The number of ether oxygens (including phenoxy) is 3. The molecule has 162 valence electrons. The molecule has 0 radical (unpaired) electrons. The Balaban J connectivity index is 2.02. The third-order valence-corrected chi connectivity index (χ3v) is 6.37. The van der Waals surface area contributed by atoms with Gasteiger partial charge in [-0.25, -0.2) is 18.2 Å². The molecule has 2 aromatic carbocycles. The van der Waals surface area contributed by atoms with Crippen LogP contribution in [0.5, 0.6) is 11.5 Å². The molecule has 0 aliphatic heterocycles. The molecule has 0 unspecified atom stereocenters. The summed E-state index contributed by atoms with van der Waals surface area (Å²) in [5.74, 6) is -0.330. The van der Waals surface area contributed by atoms with Gasteiger partial charge in [-0.05, 0) is 35.9 Å². The summed E-state index contributed by atoms with van der Waals surface area (Å²) < 4.78 is 44.2. The van der Waals surface area contributed by atoms with Gasteiger partial charge >= 0.3 is 5.97 Å². The molecule has 0 saturated carbocycles. The van der Waals surface area contributed by atoms with Gasteiger partial charge in [-0.1, -0.05) is 12.1 Å². The number of nitrogens with one attached hydrogen (secondary N) is 1. The molecule has 0 spiro atoms. The van der Waals surface area contributed by atoms with Crippen molar-refractivity contribution < 1.29 is 27.4 Å². The molecule has 0 amide bonds. The second-order valence-electron chi connectivity index (χ2n) is 6.13. The molecule has 3 rings (SSSR count). The maximum Gasteiger partial charge on any atom is 0.330 e. The standard InChI is InChI=1S/C21H20N2O6S2/c1-27-17-11-14(7-8-19(24)28-2)12-18(20(17)29-3)31(25,26)23-16-6-4-5-15(13-16)21-22-9-10-30-21/h4-13,23H,1-3H3/b8-7+. The number of carbonyl (C=O) groups excluding carboxylic acids is 1. The Morgan fingerprint density at radius 3 is 2.58 bits per heavy atom. The van der Waals surface area contributed by atoms with E-state index in [9.17, 15) is 13.2 Å². The van der Waals surface area contributed by atoms with Crippen molar-refractivity contribution in [3.05, 3.63) is 59.6 Å². The minimum absolute atomic E-state index is 0.0429. The van der Waals surface area contributed by atoms with Gasteiger partial charge in [0.25, 0.3) is 10.0 Å². The zero-order chi connectivity index (χ0) is 22.4. The minimum atomic E-state index is -4.06. The number of benzene rings is 2. The van der Waals surface area contributed by atoms with Crippen LogP contribution in [-0.4, -0.2) is 40.7 Å². The number of nitrogens with zero attached hydrogens (tertiary/aromatic N) is 1. The van der Waals surface area contributed by atoms with Crippen molar-refractivity contribution in [1.29, 1.82) is 0 Å². The predicted molar refractivity (Wildman–Crippen MR) is 119 cm³/mol. The van der Waals surface area contributed by atoms with Crippen molar-refractivity contribution >= 4 is 39.1 Å². The molecule has 8 nitrogen and oxygen atoms in total. The summed E-state index contributed by atoms with van der Waals surface area (Å²) in [5, 5.41) is 2.62. The van der Waals surface area contributed by atoms with E-state index in [0.29, 0.717) is 11.3 Å². The lowest BCUT2D eigenvalue weighted by Gasteiger charge is -2.16. The molecule has 3 aromatic rings. The molecule has 0 bridgehead atoms. The highest BCUT2D eigenvalue weighted by Gasteiger charge is 2.24. The number of sulfonamides is 1. The SMILES string of the molecule is COC(=O)/C=C/c1cc(OC)c(OC)c(S(=O)(=O)Nc2cccc(-c3nccs3)c2)c1. The van der Waals surface area contributed by atoms with Crippen LogP contribution in [0, 0.1) is 0 Å². The monoisotopic (exact) mass is 460 g/mol. The fraction of sp³-hybridized carbons (Fsp3) is 0.143. The Bertz CT molecular complexity index is 1200. The van der Waals surface area contributed by atoms with Crippen molar-refractivity contribution in [2.75, 3.05) is 26.1 Å². The van der Waals surface area contributed by atoms with Crippen molar-refractivity contribution in [2.45, 2.75) is 4.90 Å². The van der Waals surface area contributed by atoms with Gasteiger partial charge in [0, 0.05) is 28.9 Å². The smallest absolute Gasteiger partial charge is 0.330 e. The van der Waals surface area contributed by atoms with Gasteiger partial charge in [0.2, 0.25) is 0 Å². The maximum atomic E-state index is 13.2. The summed E-state index contributed by atoms with van der Waals surface area (Å²) in [5.41, 5.74) is 1.57. The predicted octanol–water partition coefficient (Wildman–Crippen LogP) is 3.81. The topological polar surface area (TPSA) is 104 Å². The fourth-order valence-corrected chi connectivity index (χ4v) is 4.67. The van der Waals surface area contributed by atoms with E-state index < -0.39 is 16.0 Å². The molecule has 0 fully saturated rings. The van der Waals surface area contributed by atoms with E-state index in [-0.39, 0.29) is 16.4 Å². The normalized spacial score (nSPS) is 11.3. The summed E-state index contributed by atoms with van der Waals surface area (Å²) in [4.78, 5) is 15.5. The Hall–Kier alpha value is -3.37. The number of esters is 1. The van der Waals surface area contributed by atoms with Crippen LogP contribution in [0.15, 0.2) is 58.9 Å². The number of anilines is 1. The average Bonchev–Trinajstić information content (AvgIpc) is 3.31. The number of carbonyl (C=O) groups is 1. The molecule has 0 atom stereocenters. The Labute approximate surface area is 184 Å². The Kier molecular flexibility index (Phi) is 6.93. The van der Waals surface area contributed by atoms with E-state index in [1.54, 1.807) is 30.5 Å². The van der Waals surface area contributed by atoms with Crippen molar-refractivity contribution in [1.82, 2.24) is 4.98 Å². The second-order valence-corrected chi connectivity index (χ2v) is 8.68. The summed E-state index contributed by atoms with van der Waals surface area (Å²) in [6.07, 6.45) is 4.29. The third-order valence-electron chi connectivity index (χ3n) is 4.16. The Morgan fingerprint density at radius 1 is 1.13 bits per heavy atom. The number of thiazole rings is 1. The lowest BCUT2D eigenvalue weighted by molar-refractivity contribution is -0.134. The van der Waals surface area contributed by atoms with Crippen molar-refractivity contribution in [3.63, 3.8) is 0 Å². The largest absolute Gasteiger partial charge is 0.493 e. The van der Waals surface area contributed by atoms with E-state index in [4.69, 9.17) is 9.47 Å². The van der Waals surface area contributed by atoms with Crippen LogP contribution in [0.25, 0.3) is 16.6 Å².